The second kappa shape index (κ2) is 6.57. The van der Waals surface area contributed by atoms with Crippen LogP contribution in [0.5, 0.6) is 0 Å². The molecule has 0 saturated carbocycles. The SMILES string of the molecule is CC1CN(Cc2ccc(F)cc2C#CCO)CC(C)(C)O1. The number of hydrogen-bond acceptors (Lipinski definition) is 3. The third-order valence-electron chi connectivity index (χ3n) is 3.41. The normalized spacial score (nSPS) is 21.7. The molecule has 4 heteroatoms. The second-order valence-corrected chi connectivity index (χ2v) is 6.12. The third kappa shape index (κ3) is 4.53. The number of nitrogens with zero attached hydrogens (tertiary/aromatic N) is 1. The average molecular weight is 291 g/mol. The number of morpholine rings is 1. The molecule has 1 atom stereocenters. The summed E-state index contributed by atoms with van der Waals surface area (Å²) in [7, 11) is 0. The van der Waals surface area contributed by atoms with E-state index in [1.807, 2.05) is 0 Å². The lowest BCUT2D eigenvalue weighted by atomic mass is 10.0. The summed E-state index contributed by atoms with van der Waals surface area (Å²) in [6.07, 6.45) is 0.168. The number of ether oxygens (including phenoxy) is 1. The van der Waals surface area contributed by atoms with E-state index in [0.29, 0.717) is 12.1 Å². The van der Waals surface area contributed by atoms with Crippen LogP contribution >= 0.6 is 0 Å². The van der Waals surface area contributed by atoms with Gasteiger partial charge in [0, 0.05) is 25.2 Å². The average Bonchev–Trinajstić information content (AvgIpc) is 2.36. The largest absolute Gasteiger partial charge is 0.384 e. The van der Waals surface area contributed by atoms with Crippen molar-refractivity contribution in [2.45, 2.75) is 39.0 Å². The van der Waals surface area contributed by atoms with Gasteiger partial charge in [0.05, 0.1) is 11.7 Å². The van der Waals surface area contributed by atoms with Gasteiger partial charge in [0.15, 0.2) is 0 Å². The zero-order valence-corrected chi connectivity index (χ0v) is 12.8. The molecule has 1 aromatic carbocycles. The lowest BCUT2D eigenvalue weighted by molar-refractivity contribution is -0.130. The van der Waals surface area contributed by atoms with E-state index >= 15 is 0 Å². The highest BCUT2D eigenvalue weighted by Gasteiger charge is 2.31. The van der Waals surface area contributed by atoms with Crippen LogP contribution in [0.15, 0.2) is 18.2 Å². The number of aliphatic hydroxyl groups excluding tert-OH is 1. The first kappa shape index (κ1) is 16.0. The summed E-state index contributed by atoms with van der Waals surface area (Å²) >= 11 is 0. The molecule has 0 spiro atoms. The summed E-state index contributed by atoms with van der Waals surface area (Å²) in [5.74, 6) is 5.11. The Balaban J connectivity index is 2.19. The van der Waals surface area contributed by atoms with Gasteiger partial charge in [-0.15, -0.1) is 0 Å². The Morgan fingerprint density at radius 2 is 2.24 bits per heavy atom. The zero-order chi connectivity index (χ0) is 15.5. The van der Waals surface area contributed by atoms with Gasteiger partial charge >= 0.3 is 0 Å². The first-order chi connectivity index (χ1) is 9.89. The molecule has 1 aromatic rings. The third-order valence-corrected chi connectivity index (χ3v) is 3.41. The summed E-state index contributed by atoms with van der Waals surface area (Å²) in [6.45, 7) is 8.35. The van der Waals surface area contributed by atoms with Crippen LogP contribution in [0.4, 0.5) is 4.39 Å². The molecule has 21 heavy (non-hydrogen) atoms. The van der Waals surface area contributed by atoms with Crippen molar-refractivity contribution < 1.29 is 14.2 Å². The Hall–Kier alpha value is -1.41. The maximum Gasteiger partial charge on any atom is 0.124 e. The number of aliphatic hydroxyl groups is 1. The van der Waals surface area contributed by atoms with Crippen molar-refractivity contribution >= 4 is 0 Å². The van der Waals surface area contributed by atoms with Gasteiger partial charge in [-0.3, -0.25) is 4.90 Å². The highest BCUT2D eigenvalue weighted by molar-refractivity contribution is 5.41. The molecule has 0 aliphatic carbocycles. The van der Waals surface area contributed by atoms with Crippen LogP contribution in [0, 0.1) is 17.7 Å². The Morgan fingerprint density at radius 1 is 1.48 bits per heavy atom. The van der Waals surface area contributed by atoms with Crippen LogP contribution in [0.3, 0.4) is 0 Å². The van der Waals surface area contributed by atoms with Crippen LogP contribution in [-0.4, -0.2) is 41.4 Å². The van der Waals surface area contributed by atoms with E-state index in [0.717, 1.165) is 18.7 Å². The molecule has 1 heterocycles. The fourth-order valence-electron chi connectivity index (χ4n) is 2.88. The molecule has 0 bridgehead atoms. The van der Waals surface area contributed by atoms with Gasteiger partial charge in [0.2, 0.25) is 0 Å². The lowest BCUT2D eigenvalue weighted by Gasteiger charge is -2.41. The maximum absolute atomic E-state index is 13.4. The van der Waals surface area contributed by atoms with Crippen molar-refractivity contribution in [3.63, 3.8) is 0 Å². The van der Waals surface area contributed by atoms with Crippen molar-refractivity contribution in [2.24, 2.45) is 0 Å². The predicted octanol–water partition coefficient (Wildman–Crippen LogP) is 2.17. The smallest absolute Gasteiger partial charge is 0.124 e. The molecule has 114 valence electrons. The summed E-state index contributed by atoms with van der Waals surface area (Å²) in [4.78, 5) is 2.30. The van der Waals surface area contributed by atoms with Crippen LogP contribution in [0.2, 0.25) is 0 Å². The molecular formula is C17H22FNO2. The summed E-state index contributed by atoms with van der Waals surface area (Å²) in [5, 5.41) is 8.82. The Morgan fingerprint density at radius 3 is 2.90 bits per heavy atom. The Bertz CT molecular complexity index is 560. The molecule has 0 amide bonds. The lowest BCUT2D eigenvalue weighted by Crippen LogP contribution is -2.51. The molecule has 1 N–H and O–H groups in total. The fraction of sp³-hybridized carbons (Fsp3) is 0.529. The molecule has 3 nitrogen and oxygen atoms in total. The molecule has 0 radical (unpaired) electrons. The van der Waals surface area contributed by atoms with Gasteiger partial charge in [-0.05, 0) is 38.5 Å². The van der Waals surface area contributed by atoms with E-state index in [1.165, 1.54) is 12.1 Å². The van der Waals surface area contributed by atoms with Crippen LogP contribution in [0.1, 0.15) is 31.9 Å². The van der Waals surface area contributed by atoms with Crippen molar-refractivity contribution in [1.29, 1.82) is 0 Å². The predicted molar refractivity (Wildman–Crippen MR) is 80.3 cm³/mol. The minimum atomic E-state index is -0.309. The summed E-state index contributed by atoms with van der Waals surface area (Å²) in [6, 6.07) is 4.64. The number of hydrogen-bond donors (Lipinski definition) is 1. The van der Waals surface area contributed by atoms with E-state index in [4.69, 9.17) is 9.84 Å². The Kier molecular flexibility index (Phi) is 5.00. The summed E-state index contributed by atoms with van der Waals surface area (Å²) < 4.78 is 19.3. The van der Waals surface area contributed by atoms with Crippen molar-refractivity contribution in [1.82, 2.24) is 4.90 Å². The molecule has 1 unspecified atom stereocenters. The van der Waals surface area contributed by atoms with Crippen LogP contribution < -0.4 is 0 Å². The van der Waals surface area contributed by atoms with Crippen LogP contribution in [-0.2, 0) is 11.3 Å². The number of benzene rings is 1. The minimum Gasteiger partial charge on any atom is -0.384 e. The molecule has 1 aliphatic rings. The van der Waals surface area contributed by atoms with Crippen molar-refractivity contribution in [2.75, 3.05) is 19.7 Å². The molecule has 1 fully saturated rings. The van der Waals surface area contributed by atoms with Gasteiger partial charge in [-0.2, -0.15) is 0 Å². The summed E-state index contributed by atoms with van der Waals surface area (Å²) in [5.41, 5.74) is 1.43. The molecular weight excluding hydrogens is 269 g/mol. The standard InChI is InChI=1S/C17H22FNO2/c1-13-10-19(12-17(2,3)21-13)11-15-6-7-16(18)9-14(15)5-4-8-20/h6-7,9,13,20H,8,10-12H2,1-3H3. The van der Waals surface area contributed by atoms with E-state index in [1.54, 1.807) is 6.07 Å². The van der Waals surface area contributed by atoms with Crippen molar-refractivity contribution in [3.8, 4) is 11.8 Å². The van der Waals surface area contributed by atoms with Crippen LogP contribution in [0.25, 0.3) is 0 Å². The molecule has 1 aliphatic heterocycles. The minimum absolute atomic E-state index is 0.168. The quantitative estimate of drug-likeness (QED) is 0.848. The van der Waals surface area contributed by atoms with Gasteiger partial charge in [0.1, 0.15) is 12.4 Å². The first-order valence-corrected chi connectivity index (χ1v) is 7.18. The van der Waals surface area contributed by atoms with E-state index in [-0.39, 0.29) is 24.1 Å². The topological polar surface area (TPSA) is 32.7 Å². The molecule has 1 saturated heterocycles. The molecule has 2 rings (SSSR count). The van der Waals surface area contributed by atoms with Gasteiger partial charge < -0.3 is 9.84 Å². The van der Waals surface area contributed by atoms with Gasteiger partial charge in [0.25, 0.3) is 0 Å². The van der Waals surface area contributed by atoms with E-state index in [2.05, 4.69) is 37.5 Å². The van der Waals surface area contributed by atoms with Crippen molar-refractivity contribution in [3.05, 3.63) is 35.1 Å². The highest BCUT2D eigenvalue weighted by atomic mass is 19.1. The highest BCUT2D eigenvalue weighted by Crippen LogP contribution is 2.23. The Labute approximate surface area is 125 Å². The van der Waals surface area contributed by atoms with Gasteiger partial charge in [-0.25, -0.2) is 4.39 Å². The fourth-order valence-corrected chi connectivity index (χ4v) is 2.88. The zero-order valence-electron chi connectivity index (χ0n) is 12.8. The first-order valence-electron chi connectivity index (χ1n) is 7.18. The maximum atomic E-state index is 13.4. The number of halogens is 1. The van der Waals surface area contributed by atoms with Gasteiger partial charge in [-0.1, -0.05) is 17.9 Å². The monoisotopic (exact) mass is 291 g/mol. The number of rotatable bonds is 2. The second-order valence-electron chi connectivity index (χ2n) is 6.12. The van der Waals surface area contributed by atoms with E-state index < -0.39 is 0 Å². The van der Waals surface area contributed by atoms with E-state index in [9.17, 15) is 4.39 Å². The molecule has 0 aromatic heterocycles.